The summed E-state index contributed by atoms with van der Waals surface area (Å²) in [6.45, 7) is 14.7. The molecule has 6 rings (SSSR count). The molecule has 0 spiro atoms. The van der Waals surface area contributed by atoms with Crippen molar-refractivity contribution in [1.29, 1.82) is 0 Å². The molecule has 1 aliphatic carbocycles. The molecule has 46 heavy (non-hydrogen) atoms. The largest absolute Gasteiger partial charge is 0.339 e. The monoisotopic (exact) mass is 625 g/mol. The number of aryl methyl sites for hydroxylation is 2. The summed E-state index contributed by atoms with van der Waals surface area (Å²) >= 11 is 0. The van der Waals surface area contributed by atoms with Gasteiger partial charge < -0.3 is 9.47 Å². The molecule has 6 heteroatoms. The van der Waals surface area contributed by atoms with Crippen molar-refractivity contribution in [3.63, 3.8) is 0 Å². The number of allylic oxidation sites excluding steroid dienone is 1. The van der Waals surface area contributed by atoms with Gasteiger partial charge in [0.2, 0.25) is 5.92 Å². The Hall–Kier alpha value is -3.80. The number of benzene rings is 3. The van der Waals surface area contributed by atoms with E-state index >= 15 is 0 Å². The van der Waals surface area contributed by atoms with Crippen molar-refractivity contribution in [2.24, 2.45) is 11.8 Å². The van der Waals surface area contributed by atoms with E-state index in [4.69, 9.17) is 4.98 Å². The summed E-state index contributed by atoms with van der Waals surface area (Å²) in [6, 6.07) is 22.5. The topological polar surface area (TPSA) is 38.1 Å². The first-order valence-corrected chi connectivity index (χ1v) is 17.0. The van der Waals surface area contributed by atoms with Crippen molar-refractivity contribution < 1.29 is 13.6 Å². The van der Waals surface area contributed by atoms with Crippen LogP contribution in [0.4, 0.5) is 8.78 Å². The van der Waals surface area contributed by atoms with E-state index in [0.717, 1.165) is 46.7 Å². The number of alkyl halides is 2. The van der Waals surface area contributed by atoms with E-state index in [1.807, 2.05) is 41.3 Å². The normalized spacial score (nSPS) is 17.2. The first kappa shape index (κ1) is 33.6. The summed E-state index contributed by atoms with van der Waals surface area (Å²) in [5.74, 6) is -0.441. The first-order chi connectivity index (χ1) is 22.0. The van der Waals surface area contributed by atoms with Crippen LogP contribution >= 0.6 is 0 Å². The molecule has 0 unspecified atom stereocenters. The average Bonchev–Trinajstić information content (AvgIpc) is 3.39. The molecule has 4 aromatic rings. The molecule has 4 nitrogen and oxygen atoms in total. The van der Waals surface area contributed by atoms with Gasteiger partial charge in [-0.1, -0.05) is 81.3 Å². The van der Waals surface area contributed by atoms with Crippen LogP contribution in [0, 0.1) is 25.7 Å². The molecule has 2 fully saturated rings. The van der Waals surface area contributed by atoms with Crippen LogP contribution in [0.2, 0.25) is 0 Å². The van der Waals surface area contributed by atoms with Crippen molar-refractivity contribution in [2.75, 3.05) is 13.1 Å². The fourth-order valence-corrected chi connectivity index (χ4v) is 6.68. The Kier molecular flexibility index (Phi) is 10.4. The molecule has 0 bridgehead atoms. The van der Waals surface area contributed by atoms with Gasteiger partial charge in [-0.05, 0) is 92.0 Å². The summed E-state index contributed by atoms with van der Waals surface area (Å²) in [6.07, 6.45) is 4.95. The SMILES string of the molecule is C/C=C(/c1cccc(C)c1)c1ccc(C(=O)N2CCC(c3nc4ccccc4n3CC3CC(F)(F)C3)CC2)cc1C.CCC(C)C. The zero-order chi connectivity index (χ0) is 33.0. The van der Waals surface area contributed by atoms with Gasteiger partial charge >= 0.3 is 0 Å². The number of carbonyl (C=O) groups is 1. The smallest absolute Gasteiger partial charge is 0.253 e. The van der Waals surface area contributed by atoms with E-state index in [9.17, 15) is 13.6 Å². The number of hydrogen-bond donors (Lipinski definition) is 0. The van der Waals surface area contributed by atoms with Crippen molar-refractivity contribution >= 4 is 22.5 Å². The molecule has 1 saturated heterocycles. The third kappa shape index (κ3) is 7.59. The van der Waals surface area contributed by atoms with Crippen LogP contribution in [0.3, 0.4) is 0 Å². The average molecular weight is 626 g/mol. The Morgan fingerprint density at radius 2 is 1.67 bits per heavy atom. The molecule has 244 valence electrons. The maximum atomic E-state index is 13.6. The molecule has 2 heterocycles. The number of halogens is 2. The van der Waals surface area contributed by atoms with Crippen LogP contribution < -0.4 is 0 Å². The molecule has 0 atom stereocenters. The number of para-hydroxylation sites is 2. The highest BCUT2D eigenvalue weighted by Crippen LogP contribution is 2.44. The maximum Gasteiger partial charge on any atom is 0.253 e. The molecule has 1 amide bonds. The third-order valence-electron chi connectivity index (χ3n) is 9.64. The van der Waals surface area contributed by atoms with Gasteiger partial charge in [-0.15, -0.1) is 0 Å². The molecular formula is C40H49F2N3O. The Balaban J connectivity index is 0.000000775. The molecule has 0 N–H and O–H groups in total. The van der Waals surface area contributed by atoms with Crippen LogP contribution in [0.15, 0.2) is 72.8 Å². The van der Waals surface area contributed by atoms with Gasteiger partial charge in [0.25, 0.3) is 5.91 Å². The lowest BCUT2D eigenvalue weighted by Gasteiger charge is -2.36. The molecule has 2 aliphatic rings. The van der Waals surface area contributed by atoms with Gasteiger partial charge in [-0.2, -0.15) is 0 Å². The number of imidazole rings is 1. The van der Waals surface area contributed by atoms with Gasteiger partial charge in [-0.25, -0.2) is 13.8 Å². The summed E-state index contributed by atoms with van der Waals surface area (Å²) in [5, 5.41) is 0. The lowest BCUT2D eigenvalue weighted by Crippen LogP contribution is -2.39. The highest BCUT2D eigenvalue weighted by molar-refractivity contribution is 5.95. The number of hydrogen-bond acceptors (Lipinski definition) is 2. The molecular weight excluding hydrogens is 576 g/mol. The number of rotatable bonds is 7. The molecule has 0 radical (unpaired) electrons. The Bertz CT molecular complexity index is 1690. The standard InChI is InChI=1S/C35H37F2N3O.C5H12/c1-4-29(27-9-7-8-23(2)18-27)30-13-12-28(19-24(30)3)34(41)39-16-14-26(15-17-39)33-38-31-10-5-6-11-32(31)40(33)22-25-20-35(36,37)21-25;1-4-5(2)3/h4-13,18-19,25-26H,14-17,20-22H2,1-3H3;5H,4H2,1-3H3/b29-4-;. The van der Waals surface area contributed by atoms with Crippen LogP contribution in [0.1, 0.15) is 104 Å². The molecule has 1 aromatic heterocycles. The fraction of sp³-hybridized carbons (Fsp3) is 0.450. The van der Waals surface area contributed by atoms with Gasteiger partial charge in [0.15, 0.2) is 0 Å². The van der Waals surface area contributed by atoms with E-state index in [-0.39, 0.29) is 30.6 Å². The maximum absolute atomic E-state index is 13.6. The summed E-state index contributed by atoms with van der Waals surface area (Å²) in [5.41, 5.74) is 8.41. The van der Waals surface area contributed by atoms with E-state index in [1.54, 1.807) is 0 Å². The van der Waals surface area contributed by atoms with Gasteiger partial charge in [0.1, 0.15) is 5.82 Å². The van der Waals surface area contributed by atoms with E-state index < -0.39 is 5.92 Å². The van der Waals surface area contributed by atoms with Crippen molar-refractivity contribution in [2.45, 2.75) is 92.0 Å². The highest BCUT2D eigenvalue weighted by atomic mass is 19.3. The Morgan fingerprint density at radius 1 is 0.978 bits per heavy atom. The number of piperidine rings is 1. The van der Waals surface area contributed by atoms with Crippen LogP contribution in [-0.2, 0) is 6.54 Å². The summed E-state index contributed by atoms with van der Waals surface area (Å²) in [4.78, 5) is 20.4. The van der Waals surface area contributed by atoms with Gasteiger partial charge in [0.05, 0.1) is 11.0 Å². The third-order valence-corrected chi connectivity index (χ3v) is 9.64. The predicted molar refractivity (Wildman–Crippen MR) is 186 cm³/mol. The van der Waals surface area contributed by atoms with Crippen molar-refractivity contribution in [3.05, 3.63) is 106 Å². The van der Waals surface area contributed by atoms with Crippen LogP contribution in [0.5, 0.6) is 0 Å². The number of aromatic nitrogens is 2. The Morgan fingerprint density at radius 3 is 2.28 bits per heavy atom. The quantitative estimate of drug-likeness (QED) is 0.205. The number of nitrogens with zero attached hydrogens (tertiary/aromatic N) is 3. The lowest BCUT2D eigenvalue weighted by molar-refractivity contribution is -0.114. The van der Waals surface area contributed by atoms with E-state index in [2.05, 4.69) is 82.5 Å². The van der Waals surface area contributed by atoms with Crippen molar-refractivity contribution in [1.82, 2.24) is 14.5 Å². The van der Waals surface area contributed by atoms with Crippen molar-refractivity contribution in [3.8, 4) is 0 Å². The molecule has 1 saturated carbocycles. The van der Waals surface area contributed by atoms with E-state index in [1.165, 1.54) is 23.1 Å². The molecule has 3 aromatic carbocycles. The second-order valence-corrected chi connectivity index (χ2v) is 13.7. The second kappa shape index (κ2) is 14.3. The zero-order valence-corrected chi connectivity index (χ0v) is 28.3. The number of amides is 1. The number of fused-ring (bicyclic) bond motifs is 1. The second-order valence-electron chi connectivity index (χ2n) is 13.7. The fourth-order valence-electron chi connectivity index (χ4n) is 6.68. The lowest BCUT2D eigenvalue weighted by atomic mass is 9.81. The van der Waals surface area contributed by atoms with Gasteiger partial charge in [-0.3, -0.25) is 4.79 Å². The molecule has 1 aliphatic heterocycles. The number of likely N-dealkylation sites (tertiary alicyclic amines) is 1. The first-order valence-electron chi connectivity index (χ1n) is 17.0. The highest BCUT2D eigenvalue weighted by Gasteiger charge is 2.45. The Labute approximate surface area is 273 Å². The minimum absolute atomic E-state index is 0.0248. The van der Waals surface area contributed by atoms with E-state index in [0.29, 0.717) is 25.2 Å². The van der Waals surface area contributed by atoms with Crippen LogP contribution in [0.25, 0.3) is 16.6 Å². The van der Waals surface area contributed by atoms with Crippen LogP contribution in [-0.4, -0.2) is 39.4 Å². The summed E-state index contributed by atoms with van der Waals surface area (Å²) in [7, 11) is 0. The number of carbonyl (C=O) groups excluding carboxylic acids is 1. The minimum Gasteiger partial charge on any atom is -0.339 e. The zero-order valence-electron chi connectivity index (χ0n) is 28.3. The van der Waals surface area contributed by atoms with Gasteiger partial charge in [0, 0.05) is 44.0 Å². The predicted octanol–water partition coefficient (Wildman–Crippen LogP) is 10.2. The summed E-state index contributed by atoms with van der Waals surface area (Å²) < 4.78 is 29.3. The minimum atomic E-state index is -2.53.